The zero-order chi connectivity index (χ0) is 13.7. The van der Waals surface area contributed by atoms with E-state index in [2.05, 4.69) is 10.2 Å². The van der Waals surface area contributed by atoms with E-state index >= 15 is 0 Å². The maximum atomic E-state index is 13.0. The first-order valence-electron chi connectivity index (χ1n) is 6.59. The van der Waals surface area contributed by atoms with Crippen LogP contribution in [0.15, 0.2) is 24.3 Å². The van der Waals surface area contributed by atoms with Crippen molar-refractivity contribution in [3.63, 3.8) is 0 Å². The van der Waals surface area contributed by atoms with Crippen molar-refractivity contribution in [3.8, 4) is 0 Å². The smallest absolute Gasteiger partial charge is 0.225 e. The summed E-state index contributed by atoms with van der Waals surface area (Å²) in [6.45, 7) is 1.70. The van der Waals surface area contributed by atoms with E-state index in [0.717, 1.165) is 19.4 Å². The molecule has 2 rings (SSSR count). The highest BCUT2D eigenvalue weighted by Crippen LogP contribution is 2.17. The number of carbonyl (C=O) groups excluding carboxylic acids is 1. The molecule has 0 unspecified atom stereocenters. The molecule has 1 saturated heterocycles. The number of likely N-dealkylation sites (tertiary alicyclic amines) is 1. The van der Waals surface area contributed by atoms with Crippen LogP contribution in [0.25, 0.3) is 0 Å². The van der Waals surface area contributed by atoms with Crippen LogP contribution < -0.4 is 5.32 Å². The Kier molecular flexibility index (Phi) is 4.87. The lowest BCUT2D eigenvalue weighted by molar-refractivity contribution is -0.116. The standard InChI is InChI=1S/C14H19FN2O2/c15-11-3-1-4-12(9-11)16-14(19)6-8-17-7-2-5-13(17)10-18/h1,3-4,9,13,18H,2,5-8,10H2,(H,16,19)/t13-/m0/s1. The molecule has 19 heavy (non-hydrogen) atoms. The molecule has 1 amide bonds. The zero-order valence-corrected chi connectivity index (χ0v) is 10.8. The number of hydrogen-bond acceptors (Lipinski definition) is 3. The number of nitrogens with zero attached hydrogens (tertiary/aromatic N) is 1. The lowest BCUT2D eigenvalue weighted by Crippen LogP contribution is -2.34. The van der Waals surface area contributed by atoms with E-state index in [4.69, 9.17) is 0 Å². The SMILES string of the molecule is O=C(CCN1CCC[C@H]1CO)Nc1cccc(F)c1. The molecule has 0 aromatic heterocycles. The fourth-order valence-corrected chi connectivity index (χ4v) is 2.43. The number of anilines is 1. The number of carbonyl (C=O) groups is 1. The number of rotatable bonds is 5. The third-order valence-electron chi connectivity index (χ3n) is 3.44. The molecule has 1 fully saturated rings. The highest BCUT2D eigenvalue weighted by Gasteiger charge is 2.23. The summed E-state index contributed by atoms with van der Waals surface area (Å²) in [7, 11) is 0. The molecule has 0 bridgehead atoms. The lowest BCUT2D eigenvalue weighted by atomic mass is 10.2. The third kappa shape index (κ3) is 4.01. The Bertz CT molecular complexity index is 439. The highest BCUT2D eigenvalue weighted by atomic mass is 19.1. The Balaban J connectivity index is 1.78. The minimum absolute atomic E-state index is 0.130. The Morgan fingerprint density at radius 3 is 3.11 bits per heavy atom. The van der Waals surface area contributed by atoms with E-state index in [1.54, 1.807) is 12.1 Å². The van der Waals surface area contributed by atoms with Crippen molar-refractivity contribution in [1.82, 2.24) is 4.90 Å². The van der Waals surface area contributed by atoms with Gasteiger partial charge >= 0.3 is 0 Å². The minimum Gasteiger partial charge on any atom is -0.395 e. The Morgan fingerprint density at radius 1 is 1.53 bits per heavy atom. The molecule has 104 valence electrons. The number of amides is 1. The summed E-state index contributed by atoms with van der Waals surface area (Å²) in [5.74, 6) is -0.494. The lowest BCUT2D eigenvalue weighted by Gasteiger charge is -2.22. The van der Waals surface area contributed by atoms with Gasteiger partial charge in [-0.25, -0.2) is 4.39 Å². The molecule has 1 atom stereocenters. The zero-order valence-electron chi connectivity index (χ0n) is 10.8. The van der Waals surface area contributed by atoms with Crippen molar-refractivity contribution >= 4 is 11.6 Å². The average Bonchev–Trinajstić information content (AvgIpc) is 2.83. The monoisotopic (exact) mass is 266 g/mol. The van der Waals surface area contributed by atoms with Crippen molar-refractivity contribution in [2.24, 2.45) is 0 Å². The van der Waals surface area contributed by atoms with Gasteiger partial charge in [-0.1, -0.05) is 6.07 Å². The van der Waals surface area contributed by atoms with Gasteiger partial charge in [-0.3, -0.25) is 9.69 Å². The first-order valence-corrected chi connectivity index (χ1v) is 6.59. The first kappa shape index (κ1) is 14.0. The second kappa shape index (κ2) is 6.63. The van der Waals surface area contributed by atoms with Gasteiger partial charge in [-0.15, -0.1) is 0 Å². The maximum Gasteiger partial charge on any atom is 0.225 e. The molecule has 1 aromatic rings. The van der Waals surface area contributed by atoms with E-state index in [0.29, 0.717) is 18.7 Å². The van der Waals surface area contributed by atoms with Crippen molar-refractivity contribution in [2.75, 3.05) is 25.0 Å². The summed E-state index contributed by atoms with van der Waals surface area (Å²) < 4.78 is 13.0. The van der Waals surface area contributed by atoms with Gasteiger partial charge in [0.05, 0.1) is 6.61 Å². The Hall–Kier alpha value is -1.46. The molecule has 1 aliphatic heterocycles. The van der Waals surface area contributed by atoms with Crippen molar-refractivity contribution in [2.45, 2.75) is 25.3 Å². The van der Waals surface area contributed by atoms with Crippen LogP contribution in [0.1, 0.15) is 19.3 Å². The highest BCUT2D eigenvalue weighted by molar-refractivity contribution is 5.90. The third-order valence-corrected chi connectivity index (χ3v) is 3.44. The van der Waals surface area contributed by atoms with Gasteiger partial charge in [-0.05, 0) is 37.6 Å². The van der Waals surface area contributed by atoms with Crippen molar-refractivity contribution < 1.29 is 14.3 Å². The molecule has 5 heteroatoms. The van der Waals surface area contributed by atoms with Crippen molar-refractivity contribution in [1.29, 1.82) is 0 Å². The largest absolute Gasteiger partial charge is 0.395 e. The van der Waals surface area contributed by atoms with Gasteiger partial charge in [0, 0.05) is 24.7 Å². The number of hydrogen-bond donors (Lipinski definition) is 2. The van der Waals surface area contributed by atoms with Crippen LogP contribution in [0, 0.1) is 5.82 Å². The number of aliphatic hydroxyl groups is 1. The second-order valence-corrected chi connectivity index (χ2v) is 4.82. The Morgan fingerprint density at radius 2 is 2.37 bits per heavy atom. The Labute approximate surface area is 112 Å². The predicted octanol–water partition coefficient (Wildman–Crippen LogP) is 1.61. The maximum absolute atomic E-state index is 13.0. The van der Waals surface area contributed by atoms with Crippen LogP contribution in [0.4, 0.5) is 10.1 Å². The van der Waals surface area contributed by atoms with Gasteiger partial charge in [-0.2, -0.15) is 0 Å². The summed E-state index contributed by atoms with van der Waals surface area (Å²) in [6.07, 6.45) is 2.41. The molecular weight excluding hydrogens is 247 g/mol. The molecule has 0 radical (unpaired) electrons. The average molecular weight is 266 g/mol. The molecule has 0 saturated carbocycles. The molecular formula is C14H19FN2O2. The molecule has 2 N–H and O–H groups in total. The van der Waals surface area contributed by atoms with E-state index in [-0.39, 0.29) is 24.4 Å². The molecule has 0 aliphatic carbocycles. The molecule has 4 nitrogen and oxygen atoms in total. The van der Waals surface area contributed by atoms with Gasteiger partial charge in [0.1, 0.15) is 5.82 Å². The predicted molar refractivity (Wildman–Crippen MR) is 71.3 cm³/mol. The van der Waals surface area contributed by atoms with E-state index in [1.807, 2.05) is 0 Å². The number of aliphatic hydroxyl groups excluding tert-OH is 1. The van der Waals surface area contributed by atoms with Crippen LogP contribution in [-0.4, -0.2) is 41.7 Å². The van der Waals surface area contributed by atoms with E-state index in [1.165, 1.54) is 12.1 Å². The number of halogens is 1. The summed E-state index contributed by atoms with van der Waals surface area (Å²) >= 11 is 0. The molecule has 1 aliphatic rings. The summed E-state index contributed by atoms with van der Waals surface area (Å²) in [5.41, 5.74) is 0.477. The normalized spacial score (nSPS) is 19.6. The van der Waals surface area contributed by atoms with Crippen LogP contribution in [-0.2, 0) is 4.79 Å². The fraction of sp³-hybridized carbons (Fsp3) is 0.500. The van der Waals surface area contributed by atoms with E-state index in [9.17, 15) is 14.3 Å². The van der Waals surface area contributed by atoms with Gasteiger partial charge < -0.3 is 10.4 Å². The van der Waals surface area contributed by atoms with Crippen LogP contribution in [0.2, 0.25) is 0 Å². The van der Waals surface area contributed by atoms with Crippen LogP contribution in [0.3, 0.4) is 0 Å². The fourth-order valence-electron chi connectivity index (χ4n) is 2.43. The molecule has 1 heterocycles. The van der Waals surface area contributed by atoms with Gasteiger partial charge in [0.2, 0.25) is 5.91 Å². The van der Waals surface area contributed by atoms with Gasteiger partial charge in [0.15, 0.2) is 0 Å². The quantitative estimate of drug-likeness (QED) is 0.851. The topological polar surface area (TPSA) is 52.6 Å². The minimum atomic E-state index is -0.363. The second-order valence-electron chi connectivity index (χ2n) is 4.82. The molecule has 0 spiro atoms. The van der Waals surface area contributed by atoms with E-state index < -0.39 is 0 Å². The van der Waals surface area contributed by atoms with Crippen LogP contribution >= 0.6 is 0 Å². The van der Waals surface area contributed by atoms with Crippen LogP contribution in [0.5, 0.6) is 0 Å². The first-order chi connectivity index (χ1) is 9.19. The summed E-state index contributed by atoms with van der Waals surface area (Å²) in [4.78, 5) is 13.9. The summed E-state index contributed by atoms with van der Waals surface area (Å²) in [5, 5.41) is 11.9. The number of benzene rings is 1. The van der Waals surface area contributed by atoms with Crippen molar-refractivity contribution in [3.05, 3.63) is 30.1 Å². The van der Waals surface area contributed by atoms with Gasteiger partial charge in [0.25, 0.3) is 0 Å². The molecule has 1 aromatic carbocycles. The number of nitrogens with one attached hydrogen (secondary N) is 1. The summed E-state index contributed by atoms with van der Waals surface area (Å²) in [6, 6.07) is 6.04.